The lowest BCUT2D eigenvalue weighted by Gasteiger charge is -2.27. The van der Waals surface area contributed by atoms with E-state index in [1.54, 1.807) is 47.5 Å². The Labute approximate surface area is 151 Å². The highest BCUT2D eigenvalue weighted by atomic mass is 16.5. The van der Waals surface area contributed by atoms with Gasteiger partial charge in [0.25, 0.3) is 11.8 Å². The van der Waals surface area contributed by atoms with Gasteiger partial charge in [-0.05, 0) is 24.3 Å². The molecular weight excluding hydrogens is 334 g/mol. The summed E-state index contributed by atoms with van der Waals surface area (Å²) in [4.78, 5) is 25.3. The fourth-order valence-corrected chi connectivity index (χ4v) is 2.70. The Kier molecular flexibility index (Phi) is 5.83. The Bertz CT molecular complexity index is 788. The number of ether oxygens (including phenoxy) is 2. The van der Waals surface area contributed by atoms with Crippen molar-refractivity contribution in [2.45, 2.75) is 0 Å². The number of methoxy groups -OCH3 is 1. The molecule has 3 rings (SSSR count). The van der Waals surface area contributed by atoms with Crippen molar-refractivity contribution in [3.8, 4) is 5.75 Å². The third-order valence-electron chi connectivity index (χ3n) is 4.04. The SMILES string of the molecule is COc1ccccc1NC(=O)c1ccccc1C(=O)NN1CCOCC1. The smallest absolute Gasteiger partial charge is 0.266 e. The van der Waals surface area contributed by atoms with Crippen molar-refractivity contribution in [2.75, 3.05) is 38.7 Å². The number of hydrogen-bond acceptors (Lipinski definition) is 5. The van der Waals surface area contributed by atoms with Crippen molar-refractivity contribution in [3.63, 3.8) is 0 Å². The first-order valence-electron chi connectivity index (χ1n) is 8.36. The minimum absolute atomic E-state index is 0.296. The summed E-state index contributed by atoms with van der Waals surface area (Å²) < 4.78 is 10.5. The molecule has 1 fully saturated rings. The molecule has 26 heavy (non-hydrogen) atoms. The molecule has 0 spiro atoms. The van der Waals surface area contributed by atoms with Gasteiger partial charge in [0.2, 0.25) is 0 Å². The number of carbonyl (C=O) groups excluding carboxylic acids is 2. The number of nitrogens with one attached hydrogen (secondary N) is 2. The van der Waals surface area contributed by atoms with Crippen LogP contribution >= 0.6 is 0 Å². The average molecular weight is 355 g/mol. The molecule has 0 unspecified atom stereocenters. The molecule has 7 heteroatoms. The number of amides is 2. The molecule has 1 saturated heterocycles. The maximum Gasteiger partial charge on any atom is 0.266 e. The van der Waals surface area contributed by atoms with Crippen LogP contribution < -0.4 is 15.5 Å². The fraction of sp³-hybridized carbons (Fsp3) is 0.263. The van der Waals surface area contributed by atoms with Crippen molar-refractivity contribution in [2.24, 2.45) is 0 Å². The van der Waals surface area contributed by atoms with Crippen LogP contribution in [0.25, 0.3) is 0 Å². The zero-order valence-corrected chi connectivity index (χ0v) is 14.5. The maximum absolute atomic E-state index is 12.7. The van der Waals surface area contributed by atoms with Gasteiger partial charge in [-0.15, -0.1) is 0 Å². The van der Waals surface area contributed by atoms with Gasteiger partial charge >= 0.3 is 0 Å². The van der Waals surface area contributed by atoms with Gasteiger partial charge in [-0.2, -0.15) is 0 Å². The predicted molar refractivity (Wildman–Crippen MR) is 97.2 cm³/mol. The molecule has 0 bridgehead atoms. The van der Waals surface area contributed by atoms with Crippen molar-refractivity contribution in [3.05, 3.63) is 59.7 Å². The highest BCUT2D eigenvalue weighted by Gasteiger charge is 2.20. The Hall–Kier alpha value is -2.90. The number of carbonyl (C=O) groups is 2. The Morgan fingerprint density at radius 1 is 0.962 bits per heavy atom. The first-order valence-corrected chi connectivity index (χ1v) is 8.36. The number of morpholine rings is 1. The molecule has 2 aromatic rings. The second-order valence-corrected chi connectivity index (χ2v) is 5.74. The van der Waals surface area contributed by atoms with E-state index in [9.17, 15) is 9.59 Å². The summed E-state index contributed by atoms with van der Waals surface area (Å²) in [6.07, 6.45) is 0. The number of anilines is 1. The van der Waals surface area contributed by atoms with Gasteiger partial charge in [0.15, 0.2) is 0 Å². The van der Waals surface area contributed by atoms with Gasteiger partial charge in [0.05, 0.1) is 37.1 Å². The number of nitrogens with zero attached hydrogens (tertiary/aromatic N) is 1. The lowest BCUT2D eigenvalue weighted by molar-refractivity contribution is 0.0126. The van der Waals surface area contributed by atoms with Crippen LogP contribution in [0.5, 0.6) is 5.75 Å². The van der Waals surface area contributed by atoms with Crippen molar-refractivity contribution < 1.29 is 19.1 Å². The summed E-state index contributed by atoms with van der Waals surface area (Å²) in [5, 5.41) is 4.59. The largest absolute Gasteiger partial charge is 0.495 e. The monoisotopic (exact) mass is 355 g/mol. The van der Waals surface area contributed by atoms with E-state index in [1.165, 1.54) is 7.11 Å². The zero-order chi connectivity index (χ0) is 18.4. The summed E-state index contributed by atoms with van der Waals surface area (Å²) in [6, 6.07) is 13.8. The van der Waals surface area contributed by atoms with E-state index in [4.69, 9.17) is 9.47 Å². The molecule has 136 valence electrons. The van der Waals surface area contributed by atoms with E-state index < -0.39 is 0 Å². The topological polar surface area (TPSA) is 79.9 Å². The molecule has 2 N–H and O–H groups in total. The van der Waals surface area contributed by atoms with E-state index >= 15 is 0 Å². The first kappa shape index (κ1) is 17.9. The van der Waals surface area contributed by atoms with Crippen LogP contribution in [0.15, 0.2) is 48.5 Å². The lowest BCUT2D eigenvalue weighted by Crippen LogP contribution is -2.48. The summed E-state index contributed by atoms with van der Waals surface area (Å²) in [7, 11) is 1.54. The van der Waals surface area contributed by atoms with Crippen LogP contribution in [0.2, 0.25) is 0 Å². The van der Waals surface area contributed by atoms with E-state index in [0.717, 1.165) is 0 Å². The van der Waals surface area contributed by atoms with Crippen molar-refractivity contribution in [1.82, 2.24) is 10.4 Å². The van der Waals surface area contributed by atoms with Crippen LogP contribution in [0.4, 0.5) is 5.69 Å². The van der Waals surface area contributed by atoms with Gasteiger partial charge in [0.1, 0.15) is 5.75 Å². The minimum Gasteiger partial charge on any atom is -0.495 e. The molecule has 0 saturated carbocycles. The number of benzene rings is 2. The number of hydrazine groups is 1. The molecule has 0 aromatic heterocycles. The second kappa shape index (κ2) is 8.46. The molecule has 7 nitrogen and oxygen atoms in total. The molecular formula is C19H21N3O4. The molecule has 2 aromatic carbocycles. The molecule has 0 aliphatic carbocycles. The molecule has 0 radical (unpaired) electrons. The second-order valence-electron chi connectivity index (χ2n) is 5.74. The summed E-state index contributed by atoms with van der Waals surface area (Å²) >= 11 is 0. The molecule has 1 aliphatic heterocycles. The normalized spacial score (nSPS) is 14.5. The Morgan fingerprint density at radius 3 is 2.27 bits per heavy atom. The van der Waals surface area contributed by atoms with Gasteiger partial charge in [-0.25, -0.2) is 5.01 Å². The fourth-order valence-electron chi connectivity index (χ4n) is 2.70. The Morgan fingerprint density at radius 2 is 1.58 bits per heavy atom. The molecule has 0 atom stereocenters. The third-order valence-corrected chi connectivity index (χ3v) is 4.04. The van der Waals surface area contributed by atoms with Gasteiger partial charge in [0, 0.05) is 13.1 Å². The standard InChI is InChI=1S/C19H21N3O4/c1-25-17-9-5-4-8-16(17)20-18(23)14-6-2-3-7-15(14)19(24)21-22-10-12-26-13-11-22/h2-9H,10-13H2,1H3,(H,20,23)(H,21,24). The maximum atomic E-state index is 12.7. The highest BCUT2D eigenvalue weighted by Crippen LogP contribution is 2.24. The van der Waals surface area contributed by atoms with Gasteiger partial charge in [-0.1, -0.05) is 24.3 Å². The van der Waals surface area contributed by atoms with Crippen molar-refractivity contribution >= 4 is 17.5 Å². The van der Waals surface area contributed by atoms with E-state index in [0.29, 0.717) is 48.9 Å². The van der Waals surface area contributed by atoms with E-state index in [-0.39, 0.29) is 11.8 Å². The minimum atomic E-state index is -0.373. The molecule has 1 aliphatic rings. The number of para-hydroxylation sites is 2. The van der Waals surface area contributed by atoms with Crippen LogP contribution in [-0.2, 0) is 4.74 Å². The van der Waals surface area contributed by atoms with E-state index in [1.807, 2.05) is 6.07 Å². The number of hydrogen-bond donors (Lipinski definition) is 2. The van der Waals surface area contributed by atoms with Gasteiger partial charge in [-0.3, -0.25) is 15.0 Å². The summed E-state index contributed by atoms with van der Waals surface area (Å²) in [5.74, 6) is -0.143. The predicted octanol–water partition coefficient (Wildman–Crippen LogP) is 1.92. The van der Waals surface area contributed by atoms with Gasteiger partial charge < -0.3 is 14.8 Å². The summed E-state index contributed by atoms with van der Waals surface area (Å²) in [6.45, 7) is 2.36. The van der Waals surface area contributed by atoms with E-state index in [2.05, 4.69) is 10.7 Å². The van der Waals surface area contributed by atoms with Crippen LogP contribution in [-0.4, -0.2) is 50.2 Å². The van der Waals surface area contributed by atoms with Crippen molar-refractivity contribution in [1.29, 1.82) is 0 Å². The highest BCUT2D eigenvalue weighted by molar-refractivity contribution is 6.12. The summed E-state index contributed by atoms with van der Waals surface area (Å²) in [5.41, 5.74) is 3.98. The molecule has 2 amide bonds. The lowest BCUT2D eigenvalue weighted by atomic mass is 10.1. The first-order chi connectivity index (χ1) is 12.7. The van der Waals surface area contributed by atoms with Crippen LogP contribution in [0.3, 0.4) is 0 Å². The Balaban J connectivity index is 1.77. The average Bonchev–Trinajstić information content (AvgIpc) is 2.69. The van der Waals surface area contributed by atoms with Crippen LogP contribution in [0, 0.1) is 0 Å². The number of rotatable bonds is 5. The third kappa shape index (κ3) is 4.19. The molecule has 1 heterocycles. The quantitative estimate of drug-likeness (QED) is 0.857. The zero-order valence-electron chi connectivity index (χ0n) is 14.5. The van der Waals surface area contributed by atoms with Crippen LogP contribution in [0.1, 0.15) is 20.7 Å².